The van der Waals surface area contributed by atoms with Crippen molar-refractivity contribution < 1.29 is 4.79 Å². The molecule has 2 aromatic heterocycles. The molecule has 7 heteroatoms. The van der Waals surface area contributed by atoms with Gasteiger partial charge < -0.3 is 5.32 Å². The van der Waals surface area contributed by atoms with Gasteiger partial charge in [-0.3, -0.25) is 9.78 Å². The molecule has 1 amide bonds. The van der Waals surface area contributed by atoms with Crippen LogP contribution >= 0.6 is 11.6 Å². The van der Waals surface area contributed by atoms with E-state index < -0.39 is 0 Å². The summed E-state index contributed by atoms with van der Waals surface area (Å²) in [7, 11) is 0. The molecule has 0 radical (unpaired) electrons. The Hall–Kier alpha value is -3.51. The molecule has 0 bridgehead atoms. The number of nitrogens with zero attached hydrogens (tertiary/aromatic N) is 4. The van der Waals surface area contributed by atoms with E-state index in [0.29, 0.717) is 23.7 Å². The summed E-state index contributed by atoms with van der Waals surface area (Å²) < 4.78 is 1.68. The van der Waals surface area contributed by atoms with Crippen molar-refractivity contribution >= 4 is 17.5 Å². The van der Waals surface area contributed by atoms with Gasteiger partial charge in [-0.2, -0.15) is 0 Å². The molecule has 0 spiro atoms. The van der Waals surface area contributed by atoms with Gasteiger partial charge >= 0.3 is 0 Å². The number of carbonyl (C=O) groups is 1. The van der Waals surface area contributed by atoms with Gasteiger partial charge in [-0.1, -0.05) is 41.1 Å². The minimum atomic E-state index is -0.276. The van der Waals surface area contributed by atoms with Crippen LogP contribution in [0.25, 0.3) is 16.9 Å². The highest BCUT2D eigenvalue weighted by Gasteiger charge is 2.22. The molecule has 0 atom stereocenters. The van der Waals surface area contributed by atoms with E-state index in [1.807, 2.05) is 67.6 Å². The number of halogens is 1. The van der Waals surface area contributed by atoms with Crippen LogP contribution in [0, 0.1) is 6.92 Å². The molecule has 4 aromatic rings. The molecular formula is C23H20ClN5O. The molecule has 0 aliphatic rings. The van der Waals surface area contributed by atoms with Crippen LogP contribution in [0.1, 0.15) is 21.6 Å². The van der Waals surface area contributed by atoms with Crippen LogP contribution < -0.4 is 5.32 Å². The molecule has 0 aliphatic carbocycles. The summed E-state index contributed by atoms with van der Waals surface area (Å²) in [4.78, 5) is 17.1. The first-order chi connectivity index (χ1) is 14.6. The molecule has 1 N–H and O–H groups in total. The van der Waals surface area contributed by atoms with Crippen molar-refractivity contribution in [3.8, 4) is 16.9 Å². The summed E-state index contributed by atoms with van der Waals surface area (Å²) in [5.41, 5.74) is 4.66. The SMILES string of the molecule is Cc1cccc(-n2nnc(C(=O)NCCc3ccc(Cl)cc3)c2-c2cccnc2)c1. The van der Waals surface area contributed by atoms with E-state index >= 15 is 0 Å². The minimum Gasteiger partial charge on any atom is -0.350 e. The minimum absolute atomic E-state index is 0.264. The van der Waals surface area contributed by atoms with Crippen molar-refractivity contribution in [3.63, 3.8) is 0 Å². The zero-order valence-electron chi connectivity index (χ0n) is 16.4. The number of nitrogens with one attached hydrogen (secondary N) is 1. The fourth-order valence-corrected chi connectivity index (χ4v) is 3.32. The third kappa shape index (κ3) is 4.39. The third-order valence-electron chi connectivity index (χ3n) is 4.68. The molecule has 0 saturated heterocycles. The van der Waals surface area contributed by atoms with E-state index in [0.717, 1.165) is 22.4 Å². The number of rotatable bonds is 6. The lowest BCUT2D eigenvalue weighted by Crippen LogP contribution is -2.26. The average molecular weight is 418 g/mol. The van der Waals surface area contributed by atoms with Gasteiger partial charge in [0.25, 0.3) is 5.91 Å². The maximum Gasteiger partial charge on any atom is 0.274 e. The van der Waals surface area contributed by atoms with Gasteiger partial charge in [0, 0.05) is 29.5 Å². The summed E-state index contributed by atoms with van der Waals surface area (Å²) >= 11 is 5.92. The van der Waals surface area contributed by atoms with Crippen LogP contribution in [-0.2, 0) is 6.42 Å². The normalized spacial score (nSPS) is 10.7. The topological polar surface area (TPSA) is 72.7 Å². The van der Waals surface area contributed by atoms with E-state index in [9.17, 15) is 4.79 Å². The third-order valence-corrected chi connectivity index (χ3v) is 4.93. The van der Waals surface area contributed by atoms with Crippen LogP contribution in [0.15, 0.2) is 73.1 Å². The molecule has 4 rings (SSSR count). The zero-order chi connectivity index (χ0) is 20.9. The number of aromatic nitrogens is 4. The van der Waals surface area contributed by atoms with E-state index in [1.165, 1.54) is 0 Å². The summed E-state index contributed by atoms with van der Waals surface area (Å²) in [6, 6.07) is 19.2. The van der Waals surface area contributed by atoms with Gasteiger partial charge in [-0.15, -0.1) is 5.10 Å². The summed E-state index contributed by atoms with van der Waals surface area (Å²) in [5.74, 6) is -0.276. The molecule has 0 aliphatic heterocycles. The Bertz CT molecular complexity index is 1160. The average Bonchev–Trinajstić information content (AvgIpc) is 3.21. The first-order valence-corrected chi connectivity index (χ1v) is 9.95. The quantitative estimate of drug-likeness (QED) is 0.508. The monoisotopic (exact) mass is 417 g/mol. The van der Waals surface area contributed by atoms with Crippen LogP contribution in [0.3, 0.4) is 0 Å². The molecule has 0 saturated carbocycles. The molecule has 0 fully saturated rings. The number of hydrogen-bond donors (Lipinski definition) is 1. The molecule has 2 aromatic carbocycles. The Morgan fingerprint density at radius 1 is 1.10 bits per heavy atom. The standard InChI is InChI=1S/C23H20ClN5O/c1-16-4-2-6-20(14-16)29-22(18-5-3-12-25-15-18)21(27-28-29)23(30)26-13-11-17-7-9-19(24)10-8-17/h2-10,12,14-15H,11,13H2,1H3,(H,26,30). The lowest BCUT2D eigenvalue weighted by molar-refractivity contribution is 0.0949. The number of amides is 1. The predicted octanol–water partition coefficient (Wildman–Crippen LogP) is 4.26. The van der Waals surface area contributed by atoms with Crippen molar-refractivity contribution in [2.24, 2.45) is 0 Å². The van der Waals surface area contributed by atoms with Crippen LogP contribution in [-0.4, -0.2) is 32.4 Å². The van der Waals surface area contributed by atoms with Gasteiger partial charge in [0.1, 0.15) is 5.69 Å². The second-order valence-corrected chi connectivity index (χ2v) is 7.35. The van der Waals surface area contributed by atoms with E-state index in [1.54, 1.807) is 17.1 Å². The number of aryl methyl sites for hydroxylation is 1. The zero-order valence-corrected chi connectivity index (χ0v) is 17.2. The fourth-order valence-electron chi connectivity index (χ4n) is 3.19. The number of benzene rings is 2. The largest absolute Gasteiger partial charge is 0.350 e. The van der Waals surface area contributed by atoms with Gasteiger partial charge in [0.15, 0.2) is 5.69 Å². The fraction of sp³-hybridized carbons (Fsp3) is 0.130. The van der Waals surface area contributed by atoms with E-state index in [4.69, 9.17) is 11.6 Å². The number of pyridine rings is 1. The van der Waals surface area contributed by atoms with Crippen LogP contribution in [0.5, 0.6) is 0 Å². The molecular weight excluding hydrogens is 398 g/mol. The van der Waals surface area contributed by atoms with E-state index in [2.05, 4.69) is 20.6 Å². The Balaban J connectivity index is 1.61. The lowest BCUT2D eigenvalue weighted by Gasteiger charge is -2.09. The molecule has 150 valence electrons. The summed E-state index contributed by atoms with van der Waals surface area (Å²) in [6.45, 7) is 2.48. The predicted molar refractivity (Wildman–Crippen MR) is 117 cm³/mol. The summed E-state index contributed by atoms with van der Waals surface area (Å²) in [6.07, 6.45) is 4.09. The molecule has 6 nitrogen and oxygen atoms in total. The molecule has 2 heterocycles. The van der Waals surface area contributed by atoms with Gasteiger partial charge in [-0.05, 0) is 60.9 Å². The van der Waals surface area contributed by atoms with Gasteiger partial charge in [-0.25, -0.2) is 4.68 Å². The number of carbonyl (C=O) groups excluding carboxylic acids is 1. The van der Waals surface area contributed by atoms with Crippen molar-refractivity contribution in [3.05, 3.63) is 94.9 Å². The molecule has 30 heavy (non-hydrogen) atoms. The molecule has 0 unspecified atom stereocenters. The Labute approximate surface area is 179 Å². The van der Waals surface area contributed by atoms with Crippen molar-refractivity contribution in [2.75, 3.05) is 6.54 Å². The van der Waals surface area contributed by atoms with Gasteiger partial charge in [0.05, 0.1) is 5.69 Å². The van der Waals surface area contributed by atoms with E-state index in [-0.39, 0.29) is 11.6 Å². The van der Waals surface area contributed by atoms with Crippen LogP contribution in [0.2, 0.25) is 5.02 Å². The highest BCUT2D eigenvalue weighted by molar-refractivity contribution is 6.30. The second kappa shape index (κ2) is 8.88. The maximum absolute atomic E-state index is 12.9. The highest BCUT2D eigenvalue weighted by Crippen LogP contribution is 2.25. The highest BCUT2D eigenvalue weighted by atomic mass is 35.5. The second-order valence-electron chi connectivity index (χ2n) is 6.91. The van der Waals surface area contributed by atoms with Gasteiger partial charge in [0.2, 0.25) is 0 Å². The van der Waals surface area contributed by atoms with Crippen molar-refractivity contribution in [1.82, 2.24) is 25.3 Å². The summed E-state index contributed by atoms with van der Waals surface area (Å²) in [5, 5.41) is 12.1. The first kappa shape index (κ1) is 19.8. The Morgan fingerprint density at radius 3 is 2.67 bits per heavy atom. The Morgan fingerprint density at radius 2 is 1.93 bits per heavy atom. The van der Waals surface area contributed by atoms with Crippen molar-refractivity contribution in [2.45, 2.75) is 13.3 Å². The lowest BCUT2D eigenvalue weighted by atomic mass is 10.1. The number of hydrogen-bond acceptors (Lipinski definition) is 4. The Kier molecular flexibility index (Phi) is 5.86. The van der Waals surface area contributed by atoms with Crippen LogP contribution in [0.4, 0.5) is 0 Å². The maximum atomic E-state index is 12.9. The smallest absolute Gasteiger partial charge is 0.274 e. The first-order valence-electron chi connectivity index (χ1n) is 9.57. The van der Waals surface area contributed by atoms with Crippen molar-refractivity contribution in [1.29, 1.82) is 0 Å².